The van der Waals surface area contributed by atoms with Gasteiger partial charge in [0, 0.05) is 10.8 Å². The van der Waals surface area contributed by atoms with Gasteiger partial charge in [0.1, 0.15) is 0 Å². The molecule has 2 heterocycles. The van der Waals surface area contributed by atoms with Crippen molar-refractivity contribution in [2.75, 3.05) is 4.90 Å². The fraction of sp³-hybridized carbons (Fsp3) is 0.0435. The third kappa shape index (κ3) is 4.76. The van der Waals surface area contributed by atoms with Crippen molar-refractivity contribution < 1.29 is 9.59 Å². The van der Waals surface area contributed by atoms with Crippen LogP contribution in [0, 0.1) is 13.8 Å². The Bertz CT molecular complexity index is 2510. The Morgan fingerprint density at radius 1 is 0.420 bits per heavy atom. The number of nitrogens with zero attached hydrogens (tertiary/aromatic N) is 2. The van der Waals surface area contributed by atoms with Crippen molar-refractivity contribution in [3.8, 4) is 39.1 Å². The van der Waals surface area contributed by atoms with Gasteiger partial charge in [-0.2, -0.15) is 0 Å². The van der Waals surface area contributed by atoms with E-state index in [9.17, 15) is 9.59 Å². The number of imide groups is 1. The van der Waals surface area contributed by atoms with Crippen LogP contribution in [-0.2, 0) is 0 Å². The molecule has 0 unspecified atom stereocenters. The predicted molar refractivity (Wildman–Crippen MR) is 204 cm³/mol. The van der Waals surface area contributed by atoms with E-state index in [1.807, 2.05) is 66.7 Å². The lowest BCUT2D eigenvalue weighted by Crippen LogP contribution is -2.29. The molecule has 0 atom stereocenters. The molecule has 0 N–H and O–H groups in total. The zero-order valence-electron chi connectivity index (χ0n) is 27.7. The first-order valence-corrected chi connectivity index (χ1v) is 16.8. The second-order valence-corrected chi connectivity index (χ2v) is 13.1. The molecular formula is C46H32N2O2. The second-order valence-electron chi connectivity index (χ2n) is 13.1. The van der Waals surface area contributed by atoms with Crippen molar-refractivity contribution in [1.82, 2.24) is 4.57 Å². The summed E-state index contributed by atoms with van der Waals surface area (Å²) in [6.45, 7) is 4.19. The molecule has 0 aliphatic carbocycles. The van der Waals surface area contributed by atoms with Crippen LogP contribution in [0.3, 0.4) is 0 Å². The maximum absolute atomic E-state index is 14.4. The molecule has 0 saturated carbocycles. The molecule has 0 radical (unpaired) electrons. The molecule has 1 aliphatic rings. The van der Waals surface area contributed by atoms with Crippen LogP contribution >= 0.6 is 0 Å². The maximum Gasteiger partial charge on any atom is 0.268 e. The highest BCUT2D eigenvalue weighted by Gasteiger charge is 2.39. The Hall–Kier alpha value is -6.52. The zero-order valence-corrected chi connectivity index (χ0v) is 27.7. The summed E-state index contributed by atoms with van der Waals surface area (Å²) in [6, 6.07) is 53.5. The summed E-state index contributed by atoms with van der Waals surface area (Å²) >= 11 is 0. The normalized spacial score (nSPS) is 12.6. The molecule has 4 nitrogen and oxygen atoms in total. The third-order valence-electron chi connectivity index (χ3n) is 9.90. The fourth-order valence-electron chi connectivity index (χ4n) is 7.26. The van der Waals surface area contributed by atoms with Gasteiger partial charge < -0.3 is 4.57 Å². The van der Waals surface area contributed by atoms with Gasteiger partial charge in [0.25, 0.3) is 11.8 Å². The van der Waals surface area contributed by atoms with Gasteiger partial charge in [-0.25, -0.2) is 4.90 Å². The van der Waals surface area contributed by atoms with Crippen LogP contribution < -0.4 is 4.90 Å². The Kier molecular flexibility index (Phi) is 6.85. The second kappa shape index (κ2) is 11.6. The van der Waals surface area contributed by atoms with Gasteiger partial charge in [-0.05, 0) is 95.8 Å². The molecule has 9 rings (SSSR count). The van der Waals surface area contributed by atoms with Crippen LogP contribution in [0.25, 0.3) is 60.9 Å². The summed E-state index contributed by atoms with van der Waals surface area (Å²) in [6.07, 6.45) is 0. The van der Waals surface area contributed by atoms with E-state index in [1.165, 1.54) is 16.0 Å². The lowest BCUT2D eigenvalue weighted by atomic mass is 9.99. The summed E-state index contributed by atoms with van der Waals surface area (Å²) in [7, 11) is 0. The van der Waals surface area contributed by atoms with Crippen molar-refractivity contribution in [3.05, 3.63) is 180 Å². The van der Waals surface area contributed by atoms with E-state index in [1.54, 1.807) is 6.07 Å². The smallest absolute Gasteiger partial charge is 0.268 e. The minimum Gasteiger partial charge on any atom is -0.308 e. The molecule has 238 valence electrons. The van der Waals surface area contributed by atoms with Gasteiger partial charge in [-0.1, -0.05) is 120 Å². The quantitative estimate of drug-likeness (QED) is 0.175. The SMILES string of the molecule is Cc1ccc(-c2ccc3c(c2)c2cc(-c4ccc(C)cc4)ccc2n3-c2cccc3c2C(=O)N(c2ccc(-c4ccccc4)cc2)C3=O)cc1. The van der Waals surface area contributed by atoms with Gasteiger partial charge in [0.15, 0.2) is 0 Å². The highest BCUT2D eigenvalue weighted by atomic mass is 16.2. The van der Waals surface area contributed by atoms with Crippen molar-refractivity contribution in [3.63, 3.8) is 0 Å². The zero-order chi connectivity index (χ0) is 33.9. The number of benzene rings is 7. The Morgan fingerprint density at radius 2 is 0.900 bits per heavy atom. The number of rotatable bonds is 5. The summed E-state index contributed by atoms with van der Waals surface area (Å²) < 4.78 is 2.15. The molecule has 50 heavy (non-hydrogen) atoms. The van der Waals surface area contributed by atoms with E-state index < -0.39 is 0 Å². The number of hydrogen-bond acceptors (Lipinski definition) is 2. The first-order chi connectivity index (χ1) is 24.4. The van der Waals surface area contributed by atoms with E-state index >= 15 is 0 Å². The minimum atomic E-state index is -0.324. The van der Waals surface area contributed by atoms with Crippen LogP contribution in [0.15, 0.2) is 158 Å². The van der Waals surface area contributed by atoms with Crippen LogP contribution in [0.4, 0.5) is 5.69 Å². The lowest BCUT2D eigenvalue weighted by Gasteiger charge is -2.15. The molecule has 0 spiro atoms. The Morgan fingerprint density at radius 3 is 1.46 bits per heavy atom. The molecule has 4 heteroatoms. The summed E-state index contributed by atoms with van der Waals surface area (Å²) in [5.74, 6) is -0.640. The number of aromatic nitrogens is 1. The van der Waals surface area contributed by atoms with E-state index in [2.05, 4.69) is 103 Å². The van der Waals surface area contributed by atoms with Gasteiger partial charge >= 0.3 is 0 Å². The van der Waals surface area contributed by atoms with Gasteiger partial charge in [-0.3, -0.25) is 9.59 Å². The van der Waals surface area contributed by atoms with E-state index in [0.717, 1.165) is 55.2 Å². The van der Waals surface area contributed by atoms with Crippen LogP contribution in [0.5, 0.6) is 0 Å². The molecule has 0 fully saturated rings. The first-order valence-electron chi connectivity index (χ1n) is 16.8. The van der Waals surface area contributed by atoms with Crippen molar-refractivity contribution in [2.45, 2.75) is 13.8 Å². The minimum absolute atomic E-state index is 0.316. The first kappa shape index (κ1) is 29.6. The highest BCUT2D eigenvalue weighted by Crippen LogP contribution is 2.40. The molecule has 1 aliphatic heterocycles. The topological polar surface area (TPSA) is 42.3 Å². The monoisotopic (exact) mass is 644 g/mol. The third-order valence-corrected chi connectivity index (χ3v) is 9.90. The number of carbonyl (C=O) groups excluding carboxylic acids is 2. The number of anilines is 1. The average Bonchev–Trinajstić information content (AvgIpc) is 3.62. The van der Waals surface area contributed by atoms with Crippen molar-refractivity contribution in [2.24, 2.45) is 0 Å². The number of amides is 2. The molecular weight excluding hydrogens is 613 g/mol. The van der Waals surface area contributed by atoms with Gasteiger partial charge in [0.05, 0.1) is 33.5 Å². The standard InChI is InChI=1S/C46H32N2O2/c1-29-11-15-33(16-12-29)35-21-25-41-39(27-35)40-28-36(34-17-13-30(2)14-18-34)22-26-42(40)48(41)43-10-6-9-38-44(43)46(50)47(45(38)49)37-23-19-32(20-24-37)31-7-4-3-5-8-31/h3-28H,1-2H3. The summed E-state index contributed by atoms with van der Waals surface area (Å²) in [5, 5.41) is 2.16. The van der Waals surface area contributed by atoms with Crippen LogP contribution in [0.1, 0.15) is 31.8 Å². The van der Waals surface area contributed by atoms with E-state index in [0.29, 0.717) is 22.5 Å². The lowest BCUT2D eigenvalue weighted by molar-refractivity contribution is 0.0926. The van der Waals surface area contributed by atoms with E-state index in [-0.39, 0.29) is 11.8 Å². The van der Waals surface area contributed by atoms with Gasteiger partial charge in [-0.15, -0.1) is 0 Å². The molecule has 2 amide bonds. The maximum atomic E-state index is 14.4. The fourth-order valence-corrected chi connectivity index (χ4v) is 7.26. The van der Waals surface area contributed by atoms with Crippen molar-refractivity contribution >= 4 is 39.3 Å². The number of hydrogen-bond donors (Lipinski definition) is 0. The Balaban J connectivity index is 1.21. The Labute approximate surface area is 290 Å². The molecule has 1 aromatic heterocycles. The summed E-state index contributed by atoms with van der Waals surface area (Å²) in [4.78, 5) is 29.6. The van der Waals surface area contributed by atoms with Crippen LogP contribution in [-0.4, -0.2) is 16.4 Å². The average molecular weight is 645 g/mol. The number of aryl methyl sites for hydroxylation is 2. The number of fused-ring (bicyclic) bond motifs is 4. The highest BCUT2D eigenvalue weighted by molar-refractivity contribution is 6.35. The largest absolute Gasteiger partial charge is 0.308 e. The molecule has 7 aromatic carbocycles. The van der Waals surface area contributed by atoms with Crippen molar-refractivity contribution in [1.29, 1.82) is 0 Å². The molecule has 8 aromatic rings. The van der Waals surface area contributed by atoms with Gasteiger partial charge in [0.2, 0.25) is 0 Å². The van der Waals surface area contributed by atoms with Crippen LogP contribution in [0.2, 0.25) is 0 Å². The summed E-state index contributed by atoms with van der Waals surface area (Å²) in [5.41, 5.74) is 13.0. The van der Waals surface area contributed by atoms with E-state index in [4.69, 9.17) is 0 Å². The predicted octanol–water partition coefficient (Wildman–Crippen LogP) is 11.2. The number of carbonyl (C=O) groups is 2. The molecule has 0 saturated heterocycles. The molecule has 0 bridgehead atoms.